The molecule has 1 N–H and O–H groups in total. The van der Waals surface area contributed by atoms with Gasteiger partial charge >= 0.3 is 0 Å². The van der Waals surface area contributed by atoms with E-state index in [1.54, 1.807) is 0 Å². The molecule has 1 aliphatic heterocycles. The van der Waals surface area contributed by atoms with Crippen molar-refractivity contribution in [1.82, 2.24) is 4.90 Å². The largest absolute Gasteiger partial charge is 0.491 e. The number of halogens is 2. The standard InChI is InChI=1S/C16H24BrClN2O/c1-3-20-8-5-6-13(7-9-20)19-15-11-12(18)10-14(17)16(15)21-4-2/h10-11,13,19H,3-9H2,1-2H3. The van der Waals surface area contributed by atoms with Gasteiger partial charge < -0.3 is 15.0 Å². The zero-order chi connectivity index (χ0) is 15.2. The molecule has 1 atom stereocenters. The van der Waals surface area contributed by atoms with Crippen LogP contribution < -0.4 is 10.1 Å². The topological polar surface area (TPSA) is 24.5 Å². The van der Waals surface area contributed by atoms with Crippen molar-refractivity contribution in [1.29, 1.82) is 0 Å². The first kappa shape index (κ1) is 16.9. The monoisotopic (exact) mass is 374 g/mol. The van der Waals surface area contributed by atoms with Crippen molar-refractivity contribution in [3.05, 3.63) is 21.6 Å². The fraction of sp³-hybridized carbons (Fsp3) is 0.625. The van der Waals surface area contributed by atoms with Gasteiger partial charge in [0.25, 0.3) is 0 Å². The first-order valence-corrected chi connectivity index (χ1v) is 8.91. The van der Waals surface area contributed by atoms with Gasteiger partial charge in [-0.25, -0.2) is 0 Å². The third-order valence-electron chi connectivity index (χ3n) is 3.92. The molecule has 1 fully saturated rings. The number of hydrogen-bond donors (Lipinski definition) is 1. The van der Waals surface area contributed by atoms with Gasteiger partial charge in [0.15, 0.2) is 5.75 Å². The average Bonchev–Trinajstić information content (AvgIpc) is 2.68. The van der Waals surface area contributed by atoms with Crippen LogP contribution in [0.15, 0.2) is 16.6 Å². The molecule has 1 aromatic carbocycles. The first-order valence-electron chi connectivity index (χ1n) is 7.74. The number of benzene rings is 1. The van der Waals surface area contributed by atoms with Crippen molar-refractivity contribution in [3.63, 3.8) is 0 Å². The number of rotatable bonds is 5. The second-order valence-corrected chi connectivity index (χ2v) is 6.69. The van der Waals surface area contributed by atoms with Crippen molar-refractivity contribution < 1.29 is 4.74 Å². The van der Waals surface area contributed by atoms with Gasteiger partial charge in [-0.2, -0.15) is 0 Å². The molecule has 0 radical (unpaired) electrons. The van der Waals surface area contributed by atoms with Gasteiger partial charge in [-0.1, -0.05) is 18.5 Å². The normalized spacial score (nSPS) is 20.1. The van der Waals surface area contributed by atoms with E-state index in [2.05, 4.69) is 33.1 Å². The van der Waals surface area contributed by atoms with Crippen molar-refractivity contribution in [3.8, 4) is 5.75 Å². The third kappa shape index (κ3) is 4.76. The Morgan fingerprint density at radius 3 is 2.86 bits per heavy atom. The van der Waals surface area contributed by atoms with Gasteiger partial charge in [0.1, 0.15) is 0 Å². The van der Waals surface area contributed by atoms with E-state index in [0.29, 0.717) is 12.6 Å². The summed E-state index contributed by atoms with van der Waals surface area (Å²) in [6, 6.07) is 4.31. The Balaban J connectivity index is 2.11. The SMILES string of the molecule is CCOc1c(Br)cc(Cl)cc1NC1CCCN(CC)CC1. The average molecular weight is 376 g/mol. The fourth-order valence-electron chi connectivity index (χ4n) is 2.79. The molecule has 1 heterocycles. The Kier molecular flexibility index (Phi) is 6.65. The fourth-order valence-corrected chi connectivity index (χ4v) is 3.72. The maximum absolute atomic E-state index is 6.18. The minimum absolute atomic E-state index is 0.478. The molecule has 21 heavy (non-hydrogen) atoms. The van der Waals surface area contributed by atoms with Crippen LogP contribution in [0.1, 0.15) is 33.1 Å². The first-order chi connectivity index (χ1) is 10.1. The number of hydrogen-bond acceptors (Lipinski definition) is 3. The lowest BCUT2D eigenvalue weighted by molar-refractivity contribution is 0.300. The Morgan fingerprint density at radius 2 is 2.14 bits per heavy atom. The second-order valence-electron chi connectivity index (χ2n) is 5.40. The van der Waals surface area contributed by atoms with Crippen molar-refractivity contribution in [2.75, 3.05) is 31.6 Å². The number of nitrogens with zero attached hydrogens (tertiary/aromatic N) is 1. The highest BCUT2D eigenvalue weighted by molar-refractivity contribution is 9.10. The summed E-state index contributed by atoms with van der Waals surface area (Å²) in [5.74, 6) is 0.860. The van der Waals surface area contributed by atoms with Gasteiger partial charge in [0.2, 0.25) is 0 Å². The third-order valence-corrected chi connectivity index (χ3v) is 4.73. The van der Waals surface area contributed by atoms with Gasteiger partial charge in [-0.3, -0.25) is 0 Å². The van der Waals surface area contributed by atoms with Crippen LogP contribution in [-0.2, 0) is 0 Å². The lowest BCUT2D eigenvalue weighted by Crippen LogP contribution is -2.26. The Bertz CT molecular complexity index is 470. The molecular weight excluding hydrogens is 352 g/mol. The van der Waals surface area contributed by atoms with Crippen LogP contribution in [0.2, 0.25) is 5.02 Å². The van der Waals surface area contributed by atoms with Crippen molar-refractivity contribution >= 4 is 33.2 Å². The summed E-state index contributed by atoms with van der Waals surface area (Å²) in [4.78, 5) is 2.51. The zero-order valence-corrected chi connectivity index (χ0v) is 15.1. The van der Waals surface area contributed by atoms with Crippen LogP contribution in [0, 0.1) is 0 Å². The molecule has 1 saturated heterocycles. The maximum Gasteiger partial charge on any atom is 0.156 e. The van der Waals surface area contributed by atoms with Crippen molar-refractivity contribution in [2.45, 2.75) is 39.2 Å². The molecule has 0 aromatic heterocycles. The van der Waals surface area contributed by atoms with E-state index in [-0.39, 0.29) is 0 Å². The molecule has 0 amide bonds. The molecule has 2 rings (SSSR count). The Labute approximate surface area is 141 Å². The Hall–Kier alpha value is -0.450. The molecule has 0 aliphatic carbocycles. The molecule has 1 aliphatic rings. The second kappa shape index (κ2) is 8.25. The smallest absolute Gasteiger partial charge is 0.156 e. The van der Waals surface area contributed by atoms with Crippen molar-refractivity contribution in [2.24, 2.45) is 0 Å². The van der Waals surface area contributed by atoms with E-state index in [1.807, 2.05) is 19.1 Å². The molecule has 0 bridgehead atoms. The summed E-state index contributed by atoms with van der Waals surface area (Å²) in [5, 5.41) is 4.35. The molecule has 1 unspecified atom stereocenters. The van der Waals surface area contributed by atoms with Crippen LogP contribution in [0.4, 0.5) is 5.69 Å². The highest BCUT2D eigenvalue weighted by Gasteiger charge is 2.18. The minimum atomic E-state index is 0.478. The van der Waals surface area contributed by atoms with Gasteiger partial charge in [0, 0.05) is 17.6 Å². The van der Waals surface area contributed by atoms with E-state index in [1.165, 1.54) is 19.4 Å². The van der Waals surface area contributed by atoms with Gasteiger partial charge in [-0.05, 0) is 67.3 Å². The maximum atomic E-state index is 6.18. The lowest BCUT2D eigenvalue weighted by atomic mass is 10.1. The quantitative estimate of drug-likeness (QED) is 0.801. The summed E-state index contributed by atoms with van der Waals surface area (Å²) < 4.78 is 6.67. The van der Waals surface area contributed by atoms with Crippen LogP contribution in [0.25, 0.3) is 0 Å². The minimum Gasteiger partial charge on any atom is -0.491 e. The van der Waals surface area contributed by atoms with E-state index < -0.39 is 0 Å². The number of nitrogens with one attached hydrogen (secondary N) is 1. The predicted molar refractivity (Wildman–Crippen MR) is 93.7 cm³/mol. The van der Waals surface area contributed by atoms with Crippen LogP contribution in [0.5, 0.6) is 5.75 Å². The summed E-state index contributed by atoms with van der Waals surface area (Å²) in [7, 11) is 0. The number of ether oxygens (including phenoxy) is 1. The highest BCUT2D eigenvalue weighted by atomic mass is 79.9. The van der Waals surface area contributed by atoms with E-state index in [4.69, 9.17) is 16.3 Å². The van der Waals surface area contributed by atoms with E-state index in [0.717, 1.165) is 40.4 Å². The van der Waals surface area contributed by atoms with Crippen LogP contribution in [-0.4, -0.2) is 37.2 Å². The number of anilines is 1. The molecular formula is C16H24BrClN2O. The highest BCUT2D eigenvalue weighted by Crippen LogP contribution is 2.37. The van der Waals surface area contributed by atoms with E-state index in [9.17, 15) is 0 Å². The summed E-state index contributed by atoms with van der Waals surface area (Å²) in [6.07, 6.45) is 3.58. The van der Waals surface area contributed by atoms with E-state index >= 15 is 0 Å². The zero-order valence-electron chi connectivity index (χ0n) is 12.8. The summed E-state index contributed by atoms with van der Waals surface area (Å²) in [6.45, 7) is 8.36. The molecule has 118 valence electrons. The molecule has 0 saturated carbocycles. The number of likely N-dealkylation sites (tertiary alicyclic amines) is 1. The molecule has 5 heteroatoms. The lowest BCUT2D eigenvalue weighted by Gasteiger charge is -2.21. The predicted octanol–water partition coefficient (Wildman–Crippen LogP) is 4.79. The van der Waals surface area contributed by atoms with Gasteiger partial charge in [-0.15, -0.1) is 0 Å². The molecule has 3 nitrogen and oxygen atoms in total. The van der Waals surface area contributed by atoms with Gasteiger partial charge in [0.05, 0.1) is 16.8 Å². The molecule has 0 spiro atoms. The summed E-state index contributed by atoms with van der Waals surface area (Å²) >= 11 is 9.73. The molecule has 1 aromatic rings. The Morgan fingerprint density at radius 1 is 1.33 bits per heavy atom. The van der Waals surface area contributed by atoms with Crippen LogP contribution >= 0.6 is 27.5 Å². The summed E-state index contributed by atoms with van der Waals surface area (Å²) in [5.41, 5.74) is 0.992. The van der Waals surface area contributed by atoms with Crippen LogP contribution in [0.3, 0.4) is 0 Å².